The van der Waals surface area contributed by atoms with Gasteiger partial charge in [-0.05, 0) is 54.8 Å². The van der Waals surface area contributed by atoms with Crippen molar-refractivity contribution in [3.05, 3.63) is 53.1 Å². The second-order valence-electron chi connectivity index (χ2n) is 7.58. The number of methoxy groups -OCH3 is 1. The zero-order chi connectivity index (χ0) is 21.3. The molecule has 0 aromatic heterocycles. The van der Waals surface area contributed by atoms with Gasteiger partial charge < -0.3 is 19.9 Å². The Bertz CT molecular complexity index is 976. The first-order valence-electron chi connectivity index (χ1n) is 9.90. The summed E-state index contributed by atoms with van der Waals surface area (Å²) in [5.41, 5.74) is 4.33. The summed E-state index contributed by atoms with van der Waals surface area (Å²) >= 11 is 0.0849. The lowest BCUT2D eigenvalue weighted by molar-refractivity contribution is -0.116. The monoisotopic (exact) mass is 429 g/mol. The molecule has 2 aromatic carbocycles. The normalized spacial score (nSPS) is 18.6. The molecule has 6 nitrogen and oxygen atoms in total. The first kappa shape index (κ1) is 20.5. The van der Waals surface area contributed by atoms with Crippen molar-refractivity contribution in [3.8, 4) is 5.75 Å². The fourth-order valence-electron chi connectivity index (χ4n) is 3.95. The highest BCUT2D eigenvalue weighted by molar-refractivity contribution is 7.95. The topological polar surface area (TPSA) is 61.9 Å². The average molecular weight is 430 g/mol. The molecule has 0 spiro atoms. The number of ether oxygens (including phenoxy) is 1. The molecule has 0 saturated carbocycles. The minimum atomic E-state index is -0.700. The molecular weight excluding hydrogens is 405 g/mol. The summed E-state index contributed by atoms with van der Waals surface area (Å²) < 4.78 is 18.3. The maximum Gasteiger partial charge on any atom is 0.254 e. The molecule has 4 rings (SSSR count). The van der Waals surface area contributed by atoms with Gasteiger partial charge in [-0.3, -0.25) is 9.59 Å². The Morgan fingerprint density at radius 2 is 1.93 bits per heavy atom. The number of aryl methyl sites for hydroxylation is 1. The molecule has 2 heterocycles. The number of amides is 2. The number of hydrogen-bond donors (Lipinski definition) is 1. The van der Waals surface area contributed by atoms with Gasteiger partial charge in [0.05, 0.1) is 19.3 Å². The summed E-state index contributed by atoms with van der Waals surface area (Å²) in [5.74, 6) is 0.428. The maximum atomic E-state index is 13.0. The van der Waals surface area contributed by atoms with Crippen molar-refractivity contribution >= 4 is 35.3 Å². The number of carbonyl (C=O) groups excluding carboxylic acids is 2. The Labute approximate surface area is 179 Å². The SMILES string of the molecule is COc1cc(C(=O)N2CCN(c3ccc4c(c3)CC(SF)C(=O)N4)CC2)ccc1C. The van der Waals surface area contributed by atoms with Crippen LogP contribution in [0.3, 0.4) is 0 Å². The van der Waals surface area contributed by atoms with Crippen LogP contribution in [0.15, 0.2) is 36.4 Å². The van der Waals surface area contributed by atoms with Crippen LogP contribution in [0.1, 0.15) is 21.5 Å². The van der Waals surface area contributed by atoms with Crippen molar-refractivity contribution in [1.82, 2.24) is 4.90 Å². The standard InChI is InChI=1S/C22H24FN3O3S/c1-14-3-4-15(12-19(14)29-2)22(28)26-9-7-25(8-10-26)17-5-6-18-16(11-17)13-20(30-23)21(27)24-18/h3-6,11-12,20H,7-10,13H2,1-2H3,(H,24,27). The predicted molar refractivity (Wildman–Crippen MR) is 117 cm³/mol. The van der Waals surface area contributed by atoms with Crippen LogP contribution in [0.2, 0.25) is 0 Å². The molecular formula is C22H24FN3O3S. The van der Waals surface area contributed by atoms with E-state index in [-0.39, 0.29) is 24.0 Å². The molecule has 8 heteroatoms. The predicted octanol–water partition coefficient (Wildman–Crippen LogP) is 3.45. The third-order valence-corrected chi connectivity index (χ3v) is 6.33. The van der Waals surface area contributed by atoms with Crippen LogP contribution >= 0.6 is 12.1 Å². The molecule has 30 heavy (non-hydrogen) atoms. The van der Waals surface area contributed by atoms with Crippen molar-refractivity contribution in [1.29, 1.82) is 0 Å². The molecule has 2 aliphatic heterocycles. The summed E-state index contributed by atoms with van der Waals surface area (Å²) in [4.78, 5) is 28.8. The van der Waals surface area contributed by atoms with Crippen molar-refractivity contribution in [2.45, 2.75) is 18.6 Å². The van der Waals surface area contributed by atoms with E-state index in [0.29, 0.717) is 43.9 Å². The molecule has 1 N–H and O–H groups in total. The number of nitrogens with zero attached hydrogens (tertiary/aromatic N) is 2. The number of anilines is 2. The summed E-state index contributed by atoms with van der Waals surface area (Å²) in [6.45, 7) is 4.60. The quantitative estimate of drug-likeness (QED) is 0.807. The molecule has 2 aliphatic rings. The second kappa shape index (κ2) is 8.55. The van der Waals surface area contributed by atoms with E-state index >= 15 is 0 Å². The van der Waals surface area contributed by atoms with E-state index in [2.05, 4.69) is 10.2 Å². The fraction of sp³-hybridized carbons (Fsp3) is 0.364. The van der Waals surface area contributed by atoms with Gasteiger partial charge in [0.1, 0.15) is 11.0 Å². The minimum absolute atomic E-state index is 0.00363. The largest absolute Gasteiger partial charge is 0.496 e. The lowest BCUT2D eigenvalue weighted by Crippen LogP contribution is -2.48. The number of hydrogen-bond acceptors (Lipinski definition) is 5. The Balaban J connectivity index is 1.42. The number of benzene rings is 2. The van der Waals surface area contributed by atoms with Crippen molar-refractivity contribution in [3.63, 3.8) is 0 Å². The van der Waals surface area contributed by atoms with Crippen LogP contribution < -0.4 is 15.0 Å². The summed E-state index contributed by atoms with van der Waals surface area (Å²) in [7, 11) is 1.61. The first-order valence-corrected chi connectivity index (χ1v) is 10.7. The Hall–Kier alpha value is -2.74. The fourth-order valence-corrected chi connectivity index (χ4v) is 4.33. The number of carbonyl (C=O) groups is 2. The zero-order valence-corrected chi connectivity index (χ0v) is 17.8. The number of fused-ring (bicyclic) bond motifs is 1. The van der Waals surface area contributed by atoms with Crippen LogP contribution in [-0.2, 0) is 11.2 Å². The van der Waals surface area contributed by atoms with Crippen molar-refractivity contribution in [2.75, 3.05) is 43.5 Å². The van der Waals surface area contributed by atoms with E-state index < -0.39 is 5.25 Å². The van der Waals surface area contributed by atoms with E-state index in [0.717, 1.165) is 22.5 Å². The van der Waals surface area contributed by atoms with Gasteiger partial charge in [-0.2, -0.15) is 3.89 Å². The molecule has 0 radical (unpaired) electrons. The second-order valence-corrected chi connectivity index (χ2v) is 8.32. The molecule has 1 atom stereocenters. The van der Waals surface area contributed by atoms with E-state index in [1.807, 2.05) is 42.2 Å². The van der Waals surface area contributed by atoms with Crippen LogP contribution in [0.5, 0.6) is 5.75 Å². The summed E-state index contributed by atoms with van der Waals surface area (Å²) in [5, 5.41) is 2.06. The highest BCUT2D eigenvalue weighted by Crippen LogP contribution is 2.32. The highest BCUT2D eigenvalue weighted by Gasteiger charge is 2.28. The minimum Gasteiger partial charge on any atom is -0.496 e. The molecule has 2 aromatic rings. The van der Waals surface area contributed by atoms with Crippen LogP contribution in [-0.4, -0.2) is 55.3 Å². The van der Waals surface area contributed by atoms with E-state index in [1.54, 1.807) is 13.2 Å². The zero-order valence-electron chi connectivity index (χ0n) is 17.0. The average Bonchev–Trinajstić information content (AvgIpc) is 2.78. The molecule has 0 bridgehead atoms. The van der Waals surface area contributed by atoms with Crippen molar-refractivity contribution < 1.29 is 18.2 Å². The molecule has 2 amide bonds. The van der Waals surface area contributed by atoms with Gasteiger partial charge >= 0.3 is 0 Å². The molecule has 0 aliphatic carbocycles. The number of piperazine rings is 1. The smallest absolute Gasteiger partial charge is 0.254 e. The van der Waals surface area contributed by atoms with Gasteiger partial charge in [-0.25, -0.2) is 0 Å². The third kappa shape index (κ3) is 3.96. The Morgan fingerprint density at radius 1 is 1.17 bits per heavy atom. The Morgan fingerprint density at radius 3 is 2.63 bits per heavy atom. The molecule has 1 fully saturated rings. The van der Waals surface area contributed by atoms with Crippen molar-refractivity contribution in [2.24, 2.45) is 0 Å². The third-order valence-electron chi connectivity index (χ3n) is 5.74. The molecule has 1 saturated heterocycles. The van der Waals surface area contributed by atoms with Gasteiger partial charge in [0.15, 0.2) is 0 Å². The van der Waals surface area contributed by atoms with Crippen LogP contribution in [0.4, 0.5) is 15.3 Å². The van der Waals surface area contributed by atoms with Gasteiger partial charge in [-0.15, -0.1) is 0 Å². The molecule has 158 valence electrons. The van der Waals surface area contributed by atoms with Crippen LogP contribution in [0, 0.1) is 6.92 Å². The lowest BCUT2D eigenvalue weighted by Gasteiger charge is -2.36. The highest BCUT2D eigenvalue weighted by atomic mass is 32.2. The van der Waals surface area contributed by atoms with Gasteiger partial charge in [0.2, 0.25) is 5.91 Å². The number of rotatable bonds is 4. The Kier molecular flexibility index (Phi) is 5.85. The van der Waals surface area contributed by atoms with Crippen LogP contribution in [0.25, 0.3) is 0 Å². The summed E-state index contributed by atoms with van der Waals surface area (Å²) in [6, 6.07) is 11.4. The number of halogens is 1. The first-order chi connectivity index (χ1) is 14.5. The number of nitrogens with one attached hydrogen (secondary N) is 1. The van der Waals surface area contributed by atoms with E-state index in [9.17, 15) is 13.5 Å². The maximum absolute atomic E-state index is 13.0. The van der Waals surface area contributed by atoms with Gasteiger partial charge in [0.25, 0.3) is 5.91 Å². The summed E-state index contributed by atoms with van der Waals surface area (Å²) in [6.07, 6.45) is 0.379. The van der Waals surface area contributed by atoms with Gasteiger partial charge in [0, 0.05) is 43.1 Å². The van der Waals surface area contributed by atoms with Gasteiger partial charge in [-0.1, -0.05) is 6.07 Å². The van der Waals surface area contributed by atoms with E-state index in [1.165, 1.54) is 0 Å². The molecule has 1 unspecified atom stereocenters. The lowest BCUT2D eigenvalue weighted by atomic mass is 10.0. The van der Waals surface area contributed by atoms with E-state index in [4.69, 9.17) is 4.74 Å².